The summed E-state index contributed by atoms with van der Waals surface area (Å²) >= 11 is 6.14. The van der Waals surface area contributed by atoms with Crippen LogP contribution in [0.3, 0.4) is 0 Å². The van der Waals surface area contributed by atoms with E-state index in [0.29, 0.717) is 42.4 Å². The lowest BCUT2D eigenvalue weighted by Gasteiger charge is -2.54. The van der Waals surface area contributed by atoms with Gasteiger partial charge in [-0.05, 0) is 62.6 Å². The maximum atomic E-state index is 15.1. The van der Waals surface area contributed by atoms with E-state index in [1.165, 1.54) is 4.90 Å². The Morgan fingerprint density at radius 3 is 2.67 bits per heavy atom. The molecule has 39 heavy (non-hydrogen) atoms. The van der Waals surface area contributed by atoms with Gasteiger partial charge in [0.25, 0.3) is 5.92 Å². The number of nitrogens with zero attached hydrogens (tertiary/aromatic N) is 2. The minimum absolute atomic E-state index is 0.0971. The molecule has 3 aliphatic heterocycles. The monoisotopic (exact) mass is 561 g/mol. The molecular weight excluding hydrogens is 528 g/mol. The van der Waals surface area contributed by atoms with Gasteiger partial charge in [0.05, 0.1) is 12.0 Å². The van der Waals surface area contributed by atoms with Gasteiger partial charge in [-0.1, -0.05) is 30.5 Å². The van der Waals surface area contributed by atoms with Gasteiger partial charge >= 0.3 is 0 Å². The molecule has 6 rings (SSSR count). The number of hydrogen-bond acceptors (Lipinski definition) is 5. The number of carbonyl (C=O) groups excluding carboxylic acids is 3. The van der Waals surface area contributed by atoms with Crippen molar-refractivity contribution in [2.45, 2.75) is 87.9 Å². The summed E-state index contributed by atoms with van der Waals surface area (Å²) in [7, 11) is 0. The Hall–Kier alpha value is -2.93. The normalized spacial score (nSPS) is 29.1. The molecule has 8 nitrogen and oxygen atoms in total. The maximum absolute atomic E-state index is 15.1. The zero-order valence-corrected chi connectivity index (χ0v) is 22.4. The number of carbonyl (C=O) groups is 3. The zero-order valence-electron chi connectivity index (χ0n) is 21.7. The lowest BCUT2D eigenvalue weighted by atomic mass is 9.71. The number of nitrogens with one attached hydrogen (secondary N) is 3. The van der Waals surface area contributed by atoms with Crippen molar-refractivity contribution < 1.29 is 23.2 Å². The molecule has 1 aromatic carbocycles. The second-order valence-electron chi connectivity index (χ2n) is 11.4. The van der Waals surface area contributed by atoms with Crippen LogP contribution < -0.4 is 16.0 Å². The van der Waals surface area contributed by atoms with E-state index >= 15 is 8.78 Å². The van der Waals surface area contributed by atoms with Crippen molar-refractivity contribution >= 4 is 35.0 Å². The maximum Gasteiger partial charge on any atom is 0.255 e. The molecule has 0 spiro atoms. The van der Waals surface area contributed by atoms with Crippen LogP contribution in [0.2, 0.25) is 5.02 Å². The molecule has 0 unspecified atom stereocenters. The lowest BCUT2D eigenvalue weighted by Crippen LogP contribution is -2.70. The van der Waals surface area contributed by atoms with Gasteiger partial charge in [-0.3, -0.25) is 14.4 Å². The molecule has 2 bridgehead atoms. The number of anilines is 1. The summed E-state index contributed by atoms with van der Waals surface area (Å²) in [5.41, 5.74) is 0.644. The molecule has 2 saturated carbocycles. The molecule has 5 aliphatic rings. The van der Waals surface area contributed by atoms with Crippen LogP contribution in [-0.4, -0.2) is 59.3 Å². The van der Waals surface area contributed by atoms with E-state index in [1.807, 2.05) is 6.07 Å². The molecule has 6 atom stereocenters. The first-order valence-corrected chi connectivity index (χ1v) is 14.2. The van der Waals surface area contributed by atoms with Gasteiger partial charge in [0, 0.05) is 35.6 Å². The Kier molecular flexibility index (Phi) is 7.99. The summed E-state index contributed by atoms with van der Waals surface area (Å²) in [5, 5.41) is 18.9. The zero-order chi connectivity index (χ0) is 27.7. The highest BCUT2D eigenvalue weighted by Crippen LogP contribution is 2.49. The molecule has 2 aliphatic carbocycles. The summed E-state index contributed by atoms with van der Waals surface area (Å²) in [6.45, 7) is 0.571. The number of halogens is 3. The van der Waals surface area contributed by atoms with E-state index in [-0.39, 0.29) is 24.7 Å². The van der Waals surface area contributed by atoms with Crippen molar-refractivity contribution in [2.24, 2.45) is 17.8 Å². The number of hydrogen-bond donors (Lipinski definition) is 3. The number of amides is 3. The van der Waals surface area contributed by atoms with Crippen LogP contribution in [-0.2, 0) is 14.4 Å². The minimum atomic E-state index is -3.10. The van der Waals surface area contributed by atoms with Gasteiger partial charge in [-0.2, -0.15) is 5.26 Å². The summed E-state index contributed by atoms with van der Waals surface area (Å²) in [4.78, 5) is 41.3. The van der Waals surface area contributed by atoms with Crippen molar-refractivity contribution in [1.82, 2.24) is 15.5 Å². The van der Waals surface area contributed by atoms with Gasteiger partial charge in [0.2, 0.25) is 17.7 Å². The average Bonchev–Trinajstić information content (AvgIpc) is 3.72. The van der Waals surface area contributed by atoms with Crippen LogP contribution >= 0.6 is 11.6 Å². The molecule has 0 aromatic heterocycles. The first-order valence-electron chi connectivity index (χ1n) is 13.9. The largest absolute Gasteiger partial charge is 0.374 e. The SMILES string of the molecule is N#C[C@@H](C[C@@H]1CCCNC1=O)NC(=O)[C@@H]1[C@H]2CC[C@H](CC2(F)F)N1C(=O)[C@@H](CC1CC1)Nc1cccc(Cl)c1. The third-order valence-electron chi connectivity index (χ3n) is 8.58. The van der Waals surface area contributed by atoms with Crippen LogP contribution in [0.5, 0.6) is 0 Å². The number of benzene rings is 1. The number of nitriles is 1. The second kappa shape index (κ2) is 11.3. The minimum Gasteiger partial charge on any atom is -0.374 e. The first-order chi connectivity index (χ1) is 18.7. The van der Waals surface area contributed by atoms with Gasteiger partial charge in [0.1, 0.15) is 18.1 Å². The Balaban J connectivity index is 1.38. The molecule has 3 N–H and O–H groups in total. The van der Waals surface area contributed by atoms with Crippen LogP contribution in [0.4, 0.5) is 14.5 Å². The fraction of sp³-hybridized carbons (Fsp3) is 0.643. The first kappa shape index (κ1) is 27.6. The van der Waals surface area contributed by atoms with Gasteiger partial charge in [-0.25, -0.2) is 8.78 Å². The fourth-order valence-corrected chi connectivity index (χ4v) is 6.63. The van der Waals surface area contributed by atoms with Gasteiger partial charge < -0.3 is 20.9 Å². The Morgan fingerprint density at radius 1 is 1.21 bits per heavy atom. The second-order valence-corrected chi connectivity index (χ2v) is 11.9. The number of alkyl halides is 2. The quantitative estimate of drug-likeness (QED) is 0.424. The smallest absolute Gasteiger partial charge is 0.255 e. The Labute approximate surface area is 231 Å². The molecule has 11 heteroatoms. The van der Waals surface area contributed by atoms with Crippen molar-refractivity contribution in [2.75, 3.05) is 11.9 Å². The van der Waals surface area contributed by atoms with Crippen molar-refractivity contribution in [3.8, 4) is 6.07 Å². The third kappa shape index (κ3) is 6.13. The predicted molar refractivity (Wildman–Crippen MR) is 141 cm³/mol. The Morgan fingerprint density at radius 2 is 2.00 bits per heavy atom. The van der Waals surface area contributed by atoms with Gasteiger partial charge in [-0.15, -0.1) is 0 Å². The molecule has 3 saturated heterocycles. The van der Waals surface area contributed by atoms with E-state index in [2.05, 4.69) is 16.0 Å². The standard InChI is InChI=1S/C28H34ClF2N5O3/c29-18-4-1-5-19(13-18)34-23(11-16-6-7-16)27(39)36-21-8-9-22(28(30,31)14-21)24(36)26(38)35-20(15-32)12-17-3-2-10-33-25(17)37/h1,4-5,13,16-17,20-24,34H,2-3,6-12,14H2,(H,33,37)(H,35,38)/t17-,20+,21+,22+,23+,24-/m0/s1. The van der Waals surface area contributed by atoms with Crippen LogP contribution in [0, 0.1) is 29.1 Å². The highest BCUT2D eigenvalue weighted by molar-refractivity contribution is 6.30. The molecule has 0 radical (unpaired) electrons. The Bertz CT molecular complexity index is 1160. The summed E-state index contributed by atoms with van der Waals surface area (Å²) in [5.74, 6) is -5.83. The molecule has 210 valence electrons. The number of rotatable bonds is 9. The summed E-state index contributed by atoms with van der Waals surface area (Å²) in [6, 6.07) is 5.10. The molecule has 5 fully saturated rings. The fourth-order valence-electron chi connectivity index (χ4n) is 6.44. The molecule has 3 heterocycles. The molecular formula is C28H34ClF2N5O3. The third-order valence-corrected chi connectivity index (χ3v) is 8.82. The van der Waals surface area contributed by atoms with E-state index in [4.69, 9.17) is 11.6 Å². The topological polar surface area (TPSA) is 114 Å². The van der Waals surface area contributed by atoms with Crippen LogP contribution in [0.15, 0.2) is 24.3 Å². The predicted octanol–water partition coefficient (Wildman–Crippen LogP) is 3.86. The molecule has 3 amide bonds. The lowest BCUT2D eigenvalue weighted by molar-refractivity contribution is -0.194. The summed E-state index contributed by atoms with van der Waals surface area (Å²) in [6.07, 6.45) is 4.01. The average molecular weight is 562 g/mol. The van der Waals surface area contributed by atoms with Crippen molar-refractivity contribution in [1.29, 1.82) is 5.26 Å². The van der Waals surface area contributed by atoms with Crippen LogP contribution in [0.1, 0.15) is 57.8 Å². The van der Waals surface area contributed by atoms with E-state index in [9.17, 15) is 19.6 Å². The highest BCUT2D eigenvalue weighted by Gasteiger charge is 2.61. The van der Waals surface area contributed by atoms with E-state index in [1.54, 1.807) is 24.3 Å². The summed E-state index contributed by atoms with van der Waals surface area (Å²) < 4.78 is 30.3. The highest BCUT2D eigenvalue weighted by atomic mass is 35.5. The van der Waals surface area contributed by atoms with Crippen molar-refractivity contribution in [3.63, 3.8) is 0 Å². The van der Waals surface area contributed by atoms with E-state index < -0.39 is 54.3 Å². The van der Waals surface area contributed by atoms with E-state index in [0.717, 1.165) is 19.3 Å². The van der Waals surface area contributed by atoms with Crippen molar-refractivity contribution in [3.05, 3.63) is 29.3 Å². The number of fused-ring (bicyclic) bond motifs is 3. The number of piperidine rings is 3. The van der Waals surface area contributed by atoms with Crippen LogP contribution in [0.25, 0.3) is 0 Å². The molecule has 1 aromatic rings. The van der Waals surface area contributed by atoms with Gasteiger partial charge in [0.15, 0.2) is 0 Å².